The van der Waals surface area contributed by atoms with Gasteiger partial charge in [-0.2, -0.15) is 0 Å². The van der Waals surface area contributed by atoms with Crippen LogP contribution in [0, 0.1) is 5.92 Å². The molecule has 1 aliphatic heterocycles. The molecule has 2 rings (SSSR count). The maximum absolute atomic E-state index is 3.77. The van der Waals surface area contributed by atoms with Crippen LogP contribution in [0.3, 0.4) is 0 Å². The van der Waals surface area contributed by atoms with Crippen LogP contribution < -0.4 is 5.32 Å². The van der Waals surface area contributed by atoms with Crippen molar-refractivity contribution in [1.82, 2.24) is 10.2 Å². The Kier molecular flexibility index (Phi) is 5.30. The van der Waals surface area contributed by atoms with Crippen LogP contribution in [0.15, 0.2) is 0 Å². The lowest BCUT2D eigenvalue weighted by Gasteiger charge is -2.50. The number of nitrogens with one attached hydrogen (secondary N) is 1. The largest absolute Gasteiger partial charge is 0.309 e. The Morgan fingerprint density at radius 3 is 2.37 bits per heavy atom. The first kappa shape index (κ1) is 15.3. The summed E-state index contributed by atoms with van der Waals surface area (Å²) in [5.41, 5.74) is 0.288. The molecule has 1 N–H and O–H groups in total. The van der Waals surface area contributed by atoms with Crippen LogP contribution in [0.25, 0.3) is 0 Å². The van der Waals surface area contributed by atoms with E-state index in [1.807, 2.05) is 0 Å². The van der Waals surface area contributed by atoms with Gasteiger partial charge in [-0.3, -0.25) is 4.90 Å². The molecule has 2 fully saturated rings. The summed E-state index contributed by atoms with van der Waals surface area (Å²) in [5.74, 6) is 0.812. The molecule has 2 nitrogen and oxygen atoms in total. The Hall–Kier alpha value is -0.0800. The van der Waals surface area contributed by atoms with E-state index in [0.29, 0.717) is 0 Å². The van der Waals surface area contributed by atoms with Gasteiger partial charge in [0.1, 0.15) is 0 Å². The molecule has 1 saturated carbocycles. The summed E-state index contributed by atoms with van der Waals surface area (Å²) in [5, 5.41) is 3.77. The van der Waals surface area contributed by atoms with Gasteiger partial charge in [0.2, 0.25) is 0 Å². The van der Waals surface area contributed by atoms with Crippen molar-refractivity contribution in [3.05, 3.63) is 0 Å². The number of piperazine rings is 1. The standard InChI is InChI=1S/C17H34N2/c1-5-14(2)16-12-18-17(3,4)13-19(16)15-10-8-6-7-9-11-15/h14-16,18H,5-13H2,1-4H3. The molecule has 112 valence electrons. The van der Waals surface area contributed by atoms with E-state index in [1.165, 1.54) is 58.0 Å². The summed E-state index contributed by atoms with van der Waals surface area (Å²) in [6.07, 6.45) is 9.98. The lowest BCUT2D eigenvalue weighted by molar-refractivity contribution is 0.0215. The Labute approximate surface area is 120 Å². The summed E-state index contributed by atoms with van der Waals surface area (Å²) in [4.78, 5) is 2.88. The molecule has 0 spiro atoms. The summed E-state index contributed by atoms with van der Waals surface area (Å²) in [6, 6.07) is 1.60. The molecule has 0 radical (unpaired) electrons. The summed E-state index contributed by atoms with van der Waals surface area (Å²) in [6.45, 7) is 11.9. The van der Waals surface area contributed by atoms with E-state index in [2.05, 4.69) is 37.9 Å². The van der Waals surface area contributed by atoms with Gasteiger partial charge in [0.15, 0.2) is 0 Å². The lowest BCUT2D eigenvalue weighted by Crippen LogP contribution is -2.65. The average molecular weight is 266 g/mol. The van der Waals surface area contributed by atoms with Crippen LogP contribution in [0.2, 0.25) is 0 Å². The van der Waals surface area contributed by atoms with Gasteiger partial charge in [-0.1, -0.05) is 46.0 Å². The third-order valence-corrected chi connectivity index (χ3v) is 5.39. The predicted molar refractivity (Wildman–Crippen MR) is 83.5 cm³/mol. The first-order valence-electron chi connectivity index (χ1n) is 8.54. The molecule has 0 aromatic heterocycles. The zero-order valence-electron chi connectivity index (χ0n) is 13.5. The van der Waals surface area contributed by atoms with E-state index < -0.39 is 0 Å². The average Bonchev–Trinajstić information content (AvgIpc) is 2.65. The second-order valence-corrected chi connectivity index (χ2v) is 7.54. The van der Waals surface area contributed by atoms with Crippen molar-refractivity contribution in [3.8, 4) is 0 Å². The summed E-state index contributed by atoms with van der Waals surface area (Å²) >= 11 is 0. The third kappa shape index (κ3) is 3.95. The molecule has 0 amide bonds. The smallest absolute Gasteiger partial charge is 0.0253 e. The molecule has 1 saturated heterocycles. The van der Waals surface area contributed by atoms with Crippen LogP contribution in [0.4, 0.5) is 0 Å². The second-order valence-electron chi connectivity index (χ2n) is 7.54. The molecule has 1 aliphatic carbocycles. The Morgan fingerprint density at radius 1 is 1.16 bits per heavy atom. The molecule has 19 heavy (non-hydrogen) atoms. The van der Waals surface area contributed by atoms with Gasteiger partial charge < -0.3 is 5.32 Å². The van der Waals surface area contributed by atoms with Gasteiger partial charge in [-0.05, 0) is 32.6 Å². The van der Waals surface area contributed by atoms with E-state index >= 15 is 0 Å². The first-order chi connectivity index (χ1) is 9.03. The molecule has 0 aromatic rings. The van der Waals surface area contributed by atoms with Crippen LogP contribution in [-0.4, -0.2) is 35.6 Å². The summed E-state index contributed by atoms with van der Waals surface area (Å²) < 4.78 is 0. The van der Waals surface area contributed by atoms with Gasteiger partial charge >= 0.3 is 0 Å². The van der Waals surface area contributed by atoms with Crippen molar-refractivity contribution in [2.24, 2.45) is 5.92 Å². The Morgan fingerprint density at radius 2 is 1.79 bits per heavy atom. The van der Waals surface area contributed by atoms with Gasteiger partial charge in [0.05, 0.1) is 0 Å². The van der Waals surface area contributed by atoms with E-state index in [1.54, 1.807) is 0 Å². The molecular weight excluding hydrogens is 232 g/mol. The van der Waals surface area contributed by atoms with Crippen LogP contribution in [-0.2, 0) is 0 Å². The number of nitrogens with zero attached hydrogens (tertiary/aromatic N) is 1. The molecule has 2 aliphatic rings. The van der Waals surface area contributed by atoms with Gasteiger partial charge in [0.25, 0.3) is 0 Å². The van der Waals surface area contributed by atoms with Crippen LogP contribution >= 0.6 is 0 Å². The van der Waals surface area contributed by atoms with Crippen molar-refractivity contribution >= 4 is 0 Å². The molecule has 1 heterocycles. The minimum Gasteiger partial charge on any atom is -0.309 e. The fraction of sp³-hybridized carbons (Fsp3) is 1.00. The third-order valence-electron chi connectivity index (χ3n) is 5.39. The molecule has 0 aromatic carbocycles. The minimum atomic E-state index is 0.288. The highest BCUT2D eigenvalue weighted by molar-refractivity contribution is 4.96. The minimum absolute atomic E-state index is 0.288. The monoisotopic (exact) mass is 266 g/mol. The molecular formula is C17H34N2. The predicted octanol–water partition coefficient (Wildman–Crippen LogP) is 3.81. The van der Waals surface area contributed by atoms with Gasteiger partial charge in [-0.25, -0.2) is 0 Å². The quantitative estimate of drug-likeness (QED) is 0.782. The molecule has 0 bridgehead atoms. The van der Waals surface area contributed by atoms with Gasteiger partial charge in [0, 0.05) is 30.7 Å². The number of hydrogen-bond donors (Lipinski definition) is 1. The topological polar surface area (TPSA) is 15.3 Å². The SMILES string of the molecule is CCC(C)C1CNC(C)(C)CN1C1CCCCCC1. The Balaban J connectivity index is 2.09. The molecule has 2 unspecified atom stereocenters. The van der Waals surface area contributed by atoms with Crippen molar-refractivity contribution in [1.29, 1.82) is 0 Å². The van der Waals surface area contributed by atoms with Crippen molar-refractivity contribution < 1.29 is 0 Å². The lowest BCUT2D eigenvalue weighted by atomic mass is 9.88. The zero-order valence-corrected chi connectivity index (χ0v) is 13.5. The fourth-order valence-corrected chi connectivity index (χ4v) is 3.92. The summed E-state index contributed by atoms with van der Waals surface area (Å²) in [7, 11) is 0. The van der Waals surface area contributed by atoms with Crippen molar-refractivity contribution in [3.63, 3.8) is 0 Å². The van der Waals surface area contributed by atoms with Crippen molar-refractivity contribution in [2.45, 2.75) is 90.3 Å². The molecule has 2 heteroatoms. The second kappa shape index (κ2) is 6.58. The van der Waals surface area contributed by atoms with E-state index in [9.17, 15) is 0 Å². The fourth-order valence-electron chi connectivity index (χ4n) is 3.92. The number of rotatable bonds is 3. The molecule has 2 atom stereocenters. The van der Waals surface area contributed by atoms with Gasteiger partial charge in [-0.15, -0.1) is 0 Å². The highest BCUT2D eigenvalue weighted by atomic mass is 15.3. The van der Waals surface area contributed by atoms with E-state index in [4.69, 9.17) is 0 Å². The van der Waals surface area contributed by atoms with Crippen molar-refractivity contribution in [2.75, 3.05) is 13.1 Å². The Bertz CT molecular complexity index is 266. The van der Waals surface area contributed by atoms with E-state index in [-0.39, 0.29) is 5.54 Å². The number of hydrogen-bond acceptors (Lipinski definition) is 2. The normalized spacial score (nSPS) is 31.9. The van der Waals surface area contributed by atoms with Crippen LogP contribution in [0.1, 0.15) is 72.6 Å². The maximum Gasteiger partial charge on any atom is 0.0253 e. The maximum atomic E-state index is 3.77. The van der Waals surface area contributed by atoms with E-state index in [0.717, 1.165) is 18.0 Å². The van der Waals surface area contributed by atoms with Crippen LogP contribution in [0.5, 0.6) is 0 Å². The first-order valence-corrected chi connectivity index (χ1v) is 8.54. The highest BCUT2D eigenvalue weighted by Gasteiger charge is 2.38. The zero-order chi connectivity index (χ0) is 13.9. The highest BCUT2D eigenvalue weighted by Crippen LogP contribution is 2.30.